The number of hydrogen-bond acceptors (Lipinski definition) is 7. The molecule has 0 saturated heterocycles. The van der Waals surface area contributed by atoms with E-state index in [2.05, 4.69) is 15.5 Å². The minimum absolute atomic E-state index is 0.177. The van der Waals surface area contributed by atoms with E-state index < -0.39 is 5.97 Å². The zero-order valence-corrected chi connectivity index (χ0v) is 21.2. The number of anilines is 1. The predicted molar refractivity (Wildman–Crippen MR) is 136 cm³/mol. The number of nitrogens with one attached hydrogen (secondary N) is 1. The summed E-state index contributed by atoms with van der Waals surface area (Å²) in [6.07, 6.45) is 7.38. The van der Waals surface area contributed by atoms with Crippen molar-refractivity contribution >= 4 is 40.0 Å². The van der Waals surface area contributed by atoms with E-state index in [4.69, 9.17) is 4.74 Å². The van der Waals surface area contributed by atoms with E-state index >= 15 is 0 Å². The van der Waals surface area contributed by atoms with Crippen LogP contribution in [0, 0.1) is 5.92 Å². The quantitative estimate of drug-likeness (QED) is 0.306. The lowest BCUT2D eigenvalue weighted by atomic mass is 9.87. The maximum Gasteiger partial charge on any atom is 0.341 e. The van der Waals surface area contributed by atoms with Crippen molar-refractivity contribution in [3.05, 3.63) is 47.1 Å². The summed E-state index contributed by atoms with van der Waals surface area (Å²) in [4.78, 5) is 25.5. The molecule has 0 atom stereocenters. The van der Waals surface area contributed by atoms with Crippen LogP contribution in [0.25, 0.3) is 11.1 Å². The van der Waals surface area contributed by atoms with E-state index in [0.29, 0.717) is 16.5 Å². The van der Waals surface area contributed by atoms with Gasteiger partial charge in [0.05, 0.1) is 12.4 Å². The van der Waals surface area contributed by atoms with Gasteiger partial charge in [0.25, 0.3) is 0 Å². The van der Waals surface area contributed by atoms with Gasteiger partial charge in [0.15, 0.2) is 5.16 Å². The summed E-state index contributed by atoms with van der Waals surface area (Å²) in [5, 5.41) is 14.7. The Morgan fingerprint density at radius 1 is 1.18 bits per heavy atom. The molecule has 1 N–H and O–H groups in total. The molecular weight excluding hydrogens is 468 g/mol. The van der Waals surface area contributed by atoms with Crippen LogP contribution in [-0.4, -0.2) is 39.0 Å². The van der Waals surface area contributed by atoms with Gasteiger partial charge in [0, 0.05) is 24.4 Å². The number of nitrogens with zero attached hydrogens (tertiary/aromatic N) is 3. The number of amides is 1. The fourth-order valence-corrected chi connectivity index (χ4v) is 5.98. The van der Waals surface area contributed by atoms with Gasteiger partial charge in [-0.2, -0.15) is 0 Å². The fraction of sp³-hybridized carbons (Fsp3) is 0.440. The number of thioether (sulfide) groups is 1. The Morgan fingerprint density at radius 3 is 2.68 bits per heavy atom. The molecular formula is C25H30N4O3S2. The van der Waals surface area contributed by atoms with Crippen molar-refractivity contribution in [1.29, 1.82) is 0 Å². The molecule has 2 heterocycles. The lowest BCUT2D eigenvalue weighted by Crippen LogP contribution is -2.17. The maximum atomic E-state index is 12.8. The number of esters is 1. The number of thiophene rings is 1. The molecule has 2 aromatic heterocycles. The van der Waals surface area contributed by atoms with Crippen LogP contribution in [0.4, 0.5) is 5.00 Å². The normalized spacial score (nSPS) is 14.2. The van der Waals surface area contributed by atoms with Crippen molar-refractivity contribution in [2.75, 3.05) is 17.7 Å². The Labute approximate surface area is 208 Å². The van der Waals surface area contributed by atoms with Gasteiger partial charge in [-0.05, 0) is 18.4 Å². The molecule has 9 heteroatoms. The topological polar surface area (TPSA) is 86.1 Å². The number of aromatic nitrogens is 3. The van der Waals surface area contributed by atoms with Crippen molar-refractivity contribution in [3.8, 4) is 11.1 Å². The first-order valence-electron chi connectivity index (χ1n) is 11.7. The third-order valence-electron chi connectivity index (χ3n) is 6.06. The molecule has 0 unspecified atom stereocenters. The molecule has 34 heavy (non-hydrogen) atoms. The molecule has 0 bridgehead atoms. The van der Waals surface area contributed by atoms with Gasteiger partial charge in [0.1, 0.15) is 16.4 Å². The Hall–Kier alpha value is -2.65. The minimum atomic E-state index is -0.439. The highest BCUT2D eigenvalue weighted by atomic mass is 32.2. The second-order valence-corrected chi connectivity index (χ2v) is 10.3. The molecule has 1 amide bonds. The van der Waals surface area contributed by atoms with Crippen LogP contribution in [-0.2, 0) is 23.0 Å². The smallest absolute Gasteiger partial charge is 0.341 e. The van der Waals surface area contributed by atoms with Crippen molar-refractivity contribution < 1.29 is 14.3 Å². The van der Waals surface area contributed by atoms with Gasteiger partial charge in [0.2, 0.25) is 5.91 Å². The highest BCUT2D eigenvalue weighted by molar-refractivity contribution is 7.99. The average Bonchev–Trinajstić information content (AvgIpc) is 3.42. The standard InChI is InChI=1S/C25H30N4O3S2/c1-3-32-24(31)22-19(18-12-8-5-9-13-18)15-33-23(22)26-21(30)16-34-25-28-27-20(29(25)2)14-17-10-6-4-7-11-17/h5,8-9,12-13,15,17H,3-4,6-7,10-11,14,16H2,1-2H3,(H,26,30). The molecule has 0 radical (unpaired) electrons. The van der Waals surface area contributed by atoms with Crippen LogP contribution in [0.15, 0.2) is 40.9 Å². The van der Waals surface area contributed by atoms with E-state index in [9.17, 15) is 9.59 Å². The minimum Gasteiger partial charge on any atom is -0.462 e. The first-order chi connectivity index (χ1) is 16.6. The first-order valence-corrected chi connectivity index (χ1v) is 13.6. The second kappa shape index (κ2) is 11.7. The number of carbonyl (C=O) groups excluding carboxylic acids is 2. The molecule has 1 aliphatic carbocycles. The van der Waals surface area contributed by atoms with Gasteiger partial charge in [-0.1, -0.05) is 74.2 Å². The van der Waals surface area contributed by atoms with Gasteiger partial charge in [-0.3, -0.25) is 4.79 Å². The second-order valence-electron chi connectivity index (χ2n) is 8.44. The molecule has 1 saturated carbocycles. The maximum absolute atomic E-state index is 12.8. The summed E-state index contributed by atoms with van der Waals surface area (Å²) in [5.74, 6) is 1.19. The lowest BCUT2D eigenvalue weighted by Gasteiger charge is -2.20. The molecule has 1 aromatic carbocycles. The lowest BCUT2D eigenvalue weighted by molar-refractivity contribution is -0.113. The summed E-state index contributed by atoms with van der Waals surface area (Å²) < 4.78 is 7.27. The summed E-state index contributed by atoms with van der Waals surface area (Å²) in [6, 6.07) is 9.63. The number of rotatable bonds is 9. The summed E-state index contributed by atoms with van der Waals surface area (Å²) in [5.41, 5.74) is 2.05. The first kappa shape index (κ1) is 24.5. The number of benzene rings is 1. The van der Waals surface area contributed by atoms with E-state index in [1.807, 2.05) is 47.3 Å². The van der Waals surface area contributed by atoms with Gasteiger partial charge in [-0.15, -0.1) is 21.5 Å². The summed E-state index contributed by atoms with van der Waals surface area (Å²) >= 11 is 2.68. The van der Waals surface area contributed by atoms with E-state index in [1.165, 1.54) is 55.2 Å². The van der Waals surface area contributed by atoms with Crippen LogP contribution >= 0.6 is 23.1 Å². The Kier molecular flexibility index (Phi) is 8.39. The van der Waals surface area contributed by atoms with E-state index in [1.54, 1.807) is 6.92 Å². The van der Waals surface area contributed by atoms with Crippen LogP contribution < -0.4 is 5.32 Å². The zero-order valence-electron chi connectivity index (χ0n) is 19.6. The zero-order chi connectivity index (χ0) is 23.9. The van der Waals surface area contributed by atoms with Gasteiger partial charge < -0.3 is 14.6 Å². The molecule has 0 spiro atoms. The predicted octanol–water partition coefficient (Wildman–Crippen LogP) is 5.57. The van der Waals surface area contributed by atoms with Crippen LogP contribution in [0.1, 0.15) is 55.2 Å². The Balaban J connectivity index is 1.41. The monoisotopic (exact) mass is 498 g/mol. The van der Waals surface area contributed by atoms with Crippen molar-refractivity contribution in [2.45, 2.75) is 50.6 Å². The molecule has 3 aromatic rings. The summed E-state index contributed by atoms with van der Waals surface area (Å²) in [7, 11) is 1.96. The molecule has 1 fully saturated rings. The Bertz CT molecular complexity index is 1120. The van der Waals surface area contributed by atoms with Crippen LogP contribution in [0.3, 0.4) is 0 Å². The third-order valence-corrected chi connectivity index (χ3v) is 7.98. The van der Waals surface area contributed by atoms with E-state index in [0.717, 1.165) is 28.5 Å². The molecule has 0 aliphatic heterocycles. The molecule has 1 aliphatic rings. The van der Waals surface area contributed by atoms with Crippen LogP contribution in [0.5, 0.6) is 0 Å². The highest BCUT2D eigenvalue weighted by Gasteiger charge is 2.23. The van der Waals surface area contributed by atoms with Crippen LogP contribution in [0.2, 0.25) is 0 Å². The fourth-order valence-electron chi connectivity index (χ4n) is 4.28. The Morgan fingerprint density at radius 2 is 1.94 bits per heavy atom. The molecule has 7 nitrogen and oxygen atoms in total. The average molecular weight is 499 g/mol. The van der Waals surface area contributed by atoms with Crippen molar-refractivity contribution in [2.24, 2.45) is 13.0 Å². The summed E-state index contributed by atoms with van der Waals surface area (Å²) in [6.45, 7) is 2.03. The van der Waals surface area contributed by atoms with Crippen molar-refractivity contribution in [3.63, 3.8) is 0 Å². The number of ether oxygens (including phenoxy) is 1. The SMILES string of the molecule is CCOC(=O)c1c(-c2ccccc2)csc1NC(=O)CSc1nnc(CC2CCCCC2)n1C. The molecule has 4 rings (SSSR count). The van der Waals surface area contributed by atoms with Gasteiger partial charge >= 0.3 is 5.97 Å². The van der Waals surface area contributed by atoms with Gasteiger partial charge in [-0.25, -0.2) is 4.79 Å². The third kappa shape index (κ3) is 5.88. The van der Waals surface area contributed by atoms with Crippen molar-refractivity contribution in [1.82, 2.24) is 14.8 Å². The highest BCUT2D eigenvalue weighted by Crippen LogP contribution is 2.36. The number of carbonyl (C=O) groups is 2. The van der Waals surface area contributed by atoms with E-state index in [-0.39, 0.29) is 18.3 Å². The number of hydrogen-bond donors (Lipinski definition) is 1. The largest absolute Gasteiger partial charge is 0.462 e. The molecule has 180 valence electrons.